The summed E-state index contributed by atoms with van der Waals surface area (Å²) in [6.07, 6.45) is 0. The van der Waals surface area contributed by atoms with Gasteiger partial charge in [0.1, 0.15) is 22.7 Å². The molecule has 4 aromatic carbocycles. The van der Waals surface area contributed by atoms with E-state index in [2.05, 4.69) is 95.7 Å². The first-order chi connectivity index (χ1) is 16.8. The lowest BCUT2D eigenvalue weighted by atomic mass is 9.96. The van der Waals surface area contributed by atoms with Crippen LogP contribution in [0.1, 0.15) is 0 Å². The van der Waals surface area contributed by atoms with Gasteiger partial charge >= 0.3 is 0 Å². The standard InChI is InChI=1S/C30H16O2S2/c1-3-29(33-9-1)27-13-19-11-17-5-7-22-21(23(17)15-25(19)31-27)8-6-18-12-20-14-28(30-4-2-10-34-30)32-26(20)16-24(18)22/h1-16H. The van der Waals surface area contributed by atoms with Gasteiger partial charge in [-0.2, -0.15) is 0 Å². The summed E-state index contributed by atoms with van der Waals surface area (Å²) in [5.41, 5.74) is 1.84. The maximum absolute atomic E-state index is 6.25. The fourth-order valence-electron chi connectivity index (χ4n) is 5.03. The largest absolute Gasteiger partial charge is 0.455 e. The topological polar surface area (TPSA) is 26.3 Å². The average molecular weight is 473 g/mol. The quantitative estimate of drug-likeness (QED) is 0.234. The minimum Gasteiger partial charge on any atom is -0.455 e. The zero-order valence-electron chi connectivity index (χ0n) is 17.9. The Bertz CT molecular complexity index is 1850. The van der Waals surface area contributed by atoms with Crippen LogP contribution in [0.4, 0.5) is 0 Å². The monoisotopic (exact) mass is 472 g/mol. The molecule has 4 heteroatoms. The van der Waals surface area contributed by atoms with Gasteiger partial charge in [0, 0.05) is 10.8 Å². The molecule has 34 heavy (non-hydrogen) atoms. The Morgan fingerprint density at radius 3 is 1.38 bits per heavy atom. The Balaban J connectivity index is 1.37. The van der Waals surface area contributed by atoms with Crippen LogP contribution in [0.15, 0.2) is 105 Å². The number of thiophene rings is 2. The first-order valence-corrected chi connectivity index (χ1v) is 12.9. The van der Waals surface area contributed by atoms with Crippen molar-refractivity contribution in [3.63, 3.8) is 0 Å². The molecule has 0 spiro atoms. The molecule has 0 saturated heterocycles. The van der Waals surface area contributed by atoms with Crippen LogP contribution in [0.5, 0.6) is 0 Å². The molecule has 0 atom stereocenters. The second kappa shape index (κ2) is 6.83. The van der Waals surface area contributed by atoms with Gasteiger partial charge in [-0.3, -0.25) is 0 Å². The third-order valence-electron chi connectivity index (χ3n) is 6.63. The molecule has 8 aromatic rings. The second-order valence-electron chi connectivity index (χ2n) is 8.62. The highest BCUT2D eigenvalue weighted by atomic mass is 32.1. The van der Waals surface area contributed by atoms with Crippen LogP contribution < -0.4 is 0 Å². The van der Waals surface area contributed by atoms with Gasteiger partial charge in [-0.1, -0.05) is 36.4 Å². The highest BCUT2D eigenvalue weighted by molar-refractivity contribution is 7.13. The van der Waals surface area contributed by atoms with Crippen LogP contribution in [0, 0.1) is 0 Å². The minimum atomic E-state index is 0.922. The Hall–Kier alpha value is -3.86. The number of hydrogen-bond donors (Lipinski definition) is 0. The fourth-order valence-corrected chi connectivity index (χ4v) is 6.38. The molecule has 0 amide bonds. The summed E-state index contributed by atoms with van der Waals surface area (Å²) in [6.45, 7) is 0. The second-order valence-corrected chi connectivity index (χ2v) is 10.5. The first kappa shape index (κ1) is 18.6. The van der Waals surface area contributed by atoms with Crippen molar-refractivity contribution in [3.8, 4) is 21.3 Å². The SMILES string of the molecule is c1csc(-c2cc3cc4ccc5c6cc7oc(-c8cccs8)cc7cc6ccc5c4cc3o2)c1. The third-order valence-corrected chi connectivity index (χ3v) is 8.40. The highest BCUT2D eigenvalue weighted by Gasteiger charge is 2.13. The van der Waals surface area contributed by atoms with E-state index >= 15 is 0 Å². The van der Waals surface area contributed by atoms with Crippen molar-refractivity contribution in [1.29, 1.82) is 0 Å². The van der Waals surface area contributed by atoms with E-state index in [0.717, 1.165) is 43.2 Å². The molecule has 0 aliphatic heterocycles. The van der Waals surface area contributed by atoms with E-state index in [-0.39, 0.29) is 0 Å². The van der Waals surface area contributed by atoms with Crippen LogP contribution in [0.2, 0.25) is 0 Å². The van der Waals surface area contributed by atoms with Gasteiger partial charge in [0.05, 0.1) is 9.75 Å². The first-order valence-electron chi connectivity index (χ1n) is 11.1. The summed E-state index contributed by atoms with van der Waals surface area (Å²) in [5, 5.41) is 13.7. The Labute approximate surface area is 202 Å². The van der Waals surface area contributed by atoms with Crippen molar-refractivity contribution in [2.45, 2.75) is 0 Å². The molecule has 0 fully saturated rings. The molecular weight excluding hydrogens is 456 g/mol. The Morgan fingerprint density at radius 2 is 0.941 bits per heavy atom. The molecule has 4 heterocycles. The number of furan rings is 2. The van der Waals surface area contributed by atoms with Crippen LogP contribution in [-0.4, -0.2) is 0 Å². The molecular formula is C30H16O2S2. The van der Waals surface area contributed by atoms with Gasteiger partial charge in [0.25, 0.3) is 0 Å². The van der Waals surface area contributed by atoms with Crippen molar-refractivity contribution in [3.05, 3.63) is 95.7 Å². The Morgan fingerprint density at radius 1 is 0.441 bits per heavy atom. The fraction of sp³-hybridized carbons (Fsp3) is 0. The molecule has 0 aliphatic rings. The van der Waals surface area contributed by atoms with Crippen LogP contribution >= 0.6 is 22.7 Å². The molecule has 0 aliphatic carbocycles. The van der Waals surface area contributed by atoms with Crippen molar-refractivity contribution in [2.75, 3.05) is 0 Å². The van der Waals surface area contributed by atoms with Crippen LogP contribution in [-0.2, 0) is 0 Å². The van der Waals surface area contributed by atoms with Crippen molar-refractivity contribution in [2.24, 2.45) is 0 Å². The normalized spacial score (nSPS) is 12.1. The van der Waals surface area contributed by atoms with Gasteiger partial charge < -0.3 is 8.83 Å². The van der Waals surface area contributed by atoms with E-state index in [0.29, 0.717) is 0 Å². The molecule has 0 unspecified atom stereocenters. The molecule has 2 nitrogen and oxygen atoms in total. The Kier molecular flexibility index (Phi) is 3.73. The van der Waals surface area contributed by atoms with E-state index in [4.69, 9.17) is 8.83 Å². The third kappa shape index (κ3) is 2.67. The van der Waals surface area contributed by atoms with Gasteiger partial charge in [0.2, 0.25) is 0 Å². The van der Waals surface area contributed by atoms with Gasteiger partial charge in [-0.05, 0) is 91.6 Å². The summed E-state index contributed by atoms with van der Waals surface area (Å²) in [5.74, 6) is 1.86. The van der Waals surface area contributed by atoms with E-state index in [1.807, 2.05) is 0 Å². The van der Waals surface area contributed by atoms with Crippen molar-refractivity contribution >= 4 is 76.9 Å². The van der Waals surface area contributed by atoms with Gasteiger partial charge in [-0.15, -0.1) is 22.7 Å². The van der Waals surface area contributed by atoms with E-state index in [9.17, 15) is 0 Å². The molecule has 0 bridgehead atoms. The number of fused-ring (bicyclic) bond motifs is 7. The molecule has 0 radical (unpaired) electrons. The lowest BCUT2D eigenvalue weighted by Gasteiger charge is -2.08. The number of benzene rings is 4. The molecule has 0 N–H and O–H groups in total. The smallest absolute Gasteiger partial charge is 0.145 e. The van der Waals surface area contributed by atoms with Gasteiger partial charge in [-0.25, -0.2) is 0 Å². The van der Waals surface area contributed by atoms with Crippen LogP contribution in [0.3, 0.4) is 0 Å². The lowest BCUT2D eigenvalue weighted by Crippen LogP contribution is -1.81. The highest BCUT2D eigenvalue weighted by Crippen LogP contribution is 2.39. The minimum absolute atomic E-state index is 0.922. The van der Waals surface area contributed by atoms with Crippen LogP contribution in [0.25, 0.3) is 75.5 Å². The lowest BCUT2D eigenvalue weighted by molar-refractivity contribution is 0.633. The molecule has 0 saturated carbocycles. The number of hydrogen-bond acceptors (Lipinski definition) is 4. The van der Waals surface area contributed by atoms with Crippen molar-refractivity contribution < 1.29 is 8.83 Å². The van der Waals surface area contributed by atoms with Gasteiger partial charge in [0.15, 0.2) is 0 Å². The zero-order chi connectivity index (χ0) is 22.2. The van der Waals surface area contributed by atoms with Crippen molar-refractivity contribution in [1.82, 2.24) is 0 Å². The number of rotatable bonds is 2. The molecule has 4 aromatic heterocycles. The zero-order valence-corrected chi connectivity index (χ0v) is 19.5. The van der Waals surface area contributed by atoms with E-state index in [1.54, 1.807) is 22.7 Å². The maximum Gasteiger partial charge on any atom is 0.145 e. The molecule has 160 valence electrons. The van der Waals surface area contributed by atoms with E-state index in [1.165, 1.54) is 32.3 Å². The maximum atomic E-state index is 6.25. The summed E-state index contributed by atoms with van der Waals surface area (Å²) in [7, 11) is 0. The summed E-state index contributed by atoms with van der Waals surface area (Å²) < 4.78 is 12.5. The average Bonchev–Trinajstić information content (AvgIpc) is 3.66. The summed E-state index contributed by atoms with van der Waals surface area (Å²) in [4.78, 5) is 2.31. The predicted octanol–water partition coefficient (Wildman–Crippen LogP) is 10.1. The predicted molar refractivity (Wildman–Crippen MR) is 145 cm³/mol. The van der Waals surface area contributed by atoms with E-state index < -0.39 is 0 Å². The summed E-state index contributed by atoms with van der Waals surface area (Å²) in [6, 6.07) is 30.4. The molecule has 8 rings (SSSR count). The summed E-state index contributed by atoms with van der Waals surface area (Å²) >= 11 is 3.40.